The summed E-state index contributed by atoms with van der Waals surface area (Å²) in [5.74, 6) is 0.643. The molecule has 2 aromatic rings. The van der Waals surface area contributed by atoms with E-state index in [1.54, 1.807) is 44.4 Å². The molecule has 5 heteroatoms. The van der Waals surface area contributed by atoms with E-state index in [1.807, 2.05) is 25.1 Å². The minimum Gasteiger partial charge on any atom is -0.495 e. The number of amides is 1. The number of nitrogens with zero attached hydrogens (tertiary/aromatic N) is 1. The normalized spacial score (nSPS) is 11.2. The van der Waals surface area contributed by atoms with Crippen LogP contribution in [0.2, 0.25) is 0 Å². The van der Waals surface area contributed by atoms with Crippen molar-refractivity contribution in [3.05, 3.63) is 53.6 Å². The standard InChI is InChI=1S/C18H18N2O3/c1-12-8-9-17(22-3)15(10-12)20-18(21)13(2)23-16-7-5-4-6-14(16)11-19/h4-10,13H,1-3H3,(H,20,21)/t13-/m1/s1. The summed E-state index contributed by atoms with van der Waals surface area (Å²) in [6.07, 6.45) is -0.755. The number of ether oxygens (including phenoxy) is 2. The van der Waals surface area contributed by atoms with E-state index in [0.717, 1.165) is 5.56 Å². The molecule has 23 heavy (non-hydrogen) atoms. The molecule has 0 aliphatic heterocycles. The quantitative estimate of drug-likeness (QED) is 0.920. The lowest BCUT2D eigenvalue weighted by Crippen LogP contribution is -2.30. The number of carbonyl (C=O) groups is 1. The van der Waals surface area contributed by atoms with Crippen LogP contribution in [-0.4, -0.2) is 19.1 Å². The van der Waals surface area contributed by atoms with Gasteiger partial charge in [-0.3, -0.25) is 4.79 Å². The maximum absolute atomic E-state index is 12.3. The molecular weight excluding hydrogens is 292 g/mol. The van der Waals surface area contributed by atoms with Gasteiger partial charge in [-0.25, -0.2) is 0 Å². The number of nitrogens with one attached hydrogen (secondary N) is 1. The van der Waals surface area contributed by atoms with Crippen molar-refractivity contribution >= 4 is 11.6 Å². The molecule has 0 saturated carbocycles. The van der Waals surface area contributed by atoms with Gasteiger partial charge in [-0.2, -0.15) is 5.26 Å². The molecule has 5 nitrogen and oxygen atoms in total. The Bertz CT molecular complexity index is 750. The van der Waals surface area contributed by atoms with Crippen LogP contribution in [0.5, 0.6) is 11.5 Å². The molecule has 0 saturated heterocycles. The zero-order valence-electron chi connectivity index (χ0n) is 13.3. The van der Waals surface area contributed by atoms with Crippen LogP contribution in [0.25, 0.3) is 0 Å². The number of carbonyl (C=O) groups excluding carboxylic acids is 1. The molecule has 2 aromatic carbocycles. The van der Waals surface area contributed by atoms with Crippen molar-refractivity contribution in [3.8, 4) is 17.6 Å². The summed E-state index contributed by atoms with van der Waals surface area (Å²) < 4.78 is 10.8. The molecule has 0 radical (unpaired) electrons. The van der Waals surface area contributed by atoms with Gasteiger partial charge in [0, 0.05) is 0 Å². The Morgan fingerprint density at radius 1 is 1.22 bits per heavy atom. The van der Waals surface area contributed by atoms with Gasteiger partial charge in [0.2, 0.25) is 0 Å². The average molecular weight is 310 g/mol. The number of hydrogen-bond acceptors (Lipinski definition) is 4. The van der Waals surface area contributed by atoms with Gasteiger partial charge in [-0.05, 0) is 43.7 Å². The fourth-order valence-corrected chi connectivity index (χ4v) is 2.06. The van der Waals surface area contributed by atoms with Crippen molar-refractivity contribution in [3.63, 3.8) is 0 Å². The third-order valence-corrected chi connectivity index (χ3v) is 3.29. The Morgan fingerprint density at radius 2 is 1.96 bits per heavy atom. The second kappa shape index (κ2) is 7.32. The van der Waals surface area contributed by atoms with E-state index >= 15 is 0 Å². The Kier molecular flexibility index (Phi) is 5.21. The first-order valence-corrected chi connectivity index (χ1v) is 7.16. The molecule has 2 rings (SSSR count). The third kappa shape index (κ3) is 4.01. The van der Waals surface area contributed by atoms with E-state index in [9.17, 15) is 4.79 Å². The first-order chi connectivity index (χ1) is 11.0. The van der Waals surface area contributed by atoms with E-state index in [1.165, 1.54) is 0 Å². The molecule has 0 bridgehead atoms. The van der Waals surface area contributed by atoms with Crippen molar-refractivity contribution in [2.45, 2.75) is 20.0 Å². The van der Waals surface area contributed by atoms with Crippen LogP contribution in [0.3, 0.4) is 0 Å². The van der Waals surface area contributed by atoms with Crippen molar-refractivity contribution < 1.29 is 14.3 Å². The lowest BCUT2D eigenvalue weighted by molar-refractivity contribution is -0.122. The topological polar surface area (TPSA) is 71.3 Å². The first-order valence-electron chi connectivity index (χ1n) is 7.16. The molecule has 0 heterocycles. The van der Waals surface area contributed by atoms with Gasteiger partial charge in [0.1, 0.15) is 17.6 Å². The molecule has 1 amide bonds. The highest BCUT2D eigenvalue weighted by molar-refractivity contribution is 5.95. The minimum atomic E-state index is -0.755. The summed E-state index contributed by atoms with van der Waals surface area (Å²) in [5, 5.41) is 11.8. The number of hydrogen-bond donors (Lipinski definition) is 1. The van der Waals surface area contributed by atoms with Gasteiger partial charge >= 0.3 is 0 Å². The molecule has 0 unspecified atom stereocenters. The van der Waals surface area contributed by atoms with Gasteiger partial charge in [-0.15, -0.1) is 0 Å². The monoisotopic (exact) mass is 310 g/mol. The summed E-state index contributed by atoms with van der Waals surface area (Å²) in [5.41, 5.74) is 1.98. The highest BCUT2D eigenvalue weighted by Gasteiger charge is 2.18. The molecule has 0 aliphatic carbocycles. The van der Waals surface area contributed by atoms with Gasteiger partial charge in [0.25, 0.3) is 5.91 Å². The van der Waals surface area contributed by atoms with Crippen LogP contribution in [0.1, 0.15) is 18.1 Å². The molecule has 1 atom stereocenters. The SMILES string of the molecule is COc1ccc(C)cc1NC(=O)[C@@H](C)Oc1ccccc1C#N. The number of benzene rings is 2. The molecule has 118 valence electrons. The summed E-state index contributed by atoms with van der Waals surface area (Å²) in [4.78, 5) is 12.3. The smallest absolute Gasteiger partial charge is 0.265 e. The Morgan fingerprint density at radius 3 is 2.65 bits per heavy atom. The molecule has 0 aromatic heterocycles. The number of methoxy groups -OCH3 is 1. The number of para-hydroxylation sites is 1. The molecule has 0 fully saturated rings. The number of anilines is 1. The van der Waals surface area contributed by atoms with E-state index in [0.29, 0.717) is 22.7 Å². The highest BCUT2D eigenvalue weighted by atomic mass is 16.5. The van der Waals surface area contributed by atoms with E-state index in [-0.39, 0.29) is 5.91 Å². The maximum Gasteiger partial charge on any atom is 0.265 e. The summed E-state index contributed by atoms with van der Waals surface area (Å²) in [6.45, 7) is 3.56. The minimum absolute atomic E-state index is 0.318. The Hall–Kier alpha value is -3.00. The lowest BCUT2D eigenvalue weighted by atomic mass is 10.2. The molecule has 0 spiro atoms. The fourth-order valence-electron chi connectivity index (χ4n) is 2.06. The first kappa shape index (κ1) is 16.4. The second-order valence-electron chi connectivity index (χ2n) is 5.06. The van der Waals surface area contributed by atoms with E-state index in [2.05, 4.69) is 5.32 Å². The van der Waals surface area contributed by atoms with Gasteiger partial charge < -0.3 is 14.8 Å². The van der Waals surface area contributed by atoms with Crippen molar-refractivity contribution in [2.75, 3.05) is 12.4 Å². The van der Waals surface area contributed by atoms with Crippen LogP contribution in [0, 0.1) is 18.3 Å². The van der Waals surface area contributed by atoms with Crippen LogP contribution < -0.4 is 14.8 Å². The lowest BCUT2D eigenvalue weighted by Gasteiger charge is -2.17. The van der Waals surface area contributed by atoms with Crippen LogP contribution in [0.4, 0.5) is 5.69 Å². The molecular formula is C18H18N2O3. The summed E-state index contributed by atoms with van der Waals surface area (Å²) >= 11 is 0. The number of aryl methyl sites for hydroxylation is 1. The van der Waals surface area contributed by atoms with Crippen molar-refractivity contribution in [1.29, 1.82) is 5.26 Å². The summed E-state index contributed by atoms with van der Waals surface area (Å²) in [6, 6.07) is 14.4. The van der Waals surface area contributed by atoms with E-state index < -0.39 is 6.10 Å². The highest BCUT2D eigenvalue weighted by Crippen LogP contribution is 2.26. The van der Waals surface area contributed by atoms with Gasteiger partial charge in [-0.1, -0.05) is 18.2 Å². The zero-order chi connectivity index (χ0) is 16.8. The predicted octanol–water partition coefficient (Wildman–Crippen LogP) is 3.28. The van der Waals surface area contributed by atoms with Crippen molar-refractivity contribution in [2.24, 2.45) is 0 Å². The predicted molar refractivity (Wildman–Crippen MR) is 87.6 cm³/mol. The average Bonchev–Trinajstić information content (AvgIpc) is 2.55. The van der Waals surface area contributed by atoms with Crippen molar-refractivity contribution in [1.82, 2.24) is 0 Å². The van der Waals surface area contributed by atoms with Crippen LogP contribution in [0.15, 0.2) is 42.5 Å². The molecule has 1 N–H and O–H groups in total. The fraction of sp³-hybridized carbons (Fsp3) is 0.222. The number of rotatable bonds is 5. The third-order valence-electron chi connectivity index (χ3n) is 3.29. The Balaban J connectivity index is 2.12. The largest absolute Gasteiger partial charge is 0.495 e. The summed E-state index contributed by atoms with van der Waals surface area (Å²) in [7, 11) is 1.55. The van der Waals surface area contributed by atoms with Gasteiger partial charge in [0.15, 0.2) is 6.10 Å². The van der Waals surface area contributed by atoms with E-state index in [4.69, 9.17) is 14.7 Å². The van der Waals surface area contributed by atoms with Gasteiger partial charge in [0.05, 0.1) is 18.4 Å². The maximum atomic E-state index is 12.3. The Labute approximate surface area is 135 Å². The van der Waals surface area contributed by atoms with Crippen LogP contribution in [-0.2, 0) is 4.79 Å². The zero-order valence-corrected chi connectivity index (χ0v) is 13.3. The van der Waals surface area contributed by atoms with Crippen LogP contribution >= 0.6 is 0 Å². The second-order valence-corrected chi connectivity index (χ2v) is 5.06. The number of nitriles is 1. The molecule has 0 aliphatic rings.